The number of anilines is 1. The monoisotopic (exact) mass is 338 g/mol. The molecular weight excluding hydrogens is 316 g/mol. The second-order valence-electron chi connectivity index (χ2n) is 6.03. The predicted molar refractivity (Wildman–Crippen MR) is 94.1 cm³/mol. The molecule has 7 heteroatoms. The molecule has 1 amide bonds. The SMILES string of the molecule is CN(C)c1nc2sc(C(=O)NC3CCCCC3CN)cc2s1. The van der Waals surface area contributed by atoms with Crippen molar-refractivity contribution in [2.24, 2.45) is 11.7 Å². The van der Waals surface area contributed by atoms with E-state index in [2.05, 4.69) is 10.3 Å². The van der Waals surface area contributed by atoms with E-state index in [-0.39, 0.29) is 11.9 Å². The molecule has 0 aliphatic heterocycles. The summed E-state index contributed by atoms with van der Waals surface area (Å²) in [6, 6.07) is 2.18. The highest BCUT2D eigenvalue weighted by molar-refractivity contribution is 7.29. The Bertz CT molecular complexity index is 632. The van der Waals surface area contributed by atoms with Crippen molar-refractivity contribution >= 4 is 43.2 Å². The van der Waals surface area contributed by atoms with Crippen LogP contribution in [0.25, 0.3) is 9.53 Å². The lowest BCUT2D eigenvalue weighted by Crippen LogP contribution is -2.44. The van der Waals surface area contributed by atoms with Crippen LogP contribution >= 0.6 is 22.7 Å². The number of nitrogens with zero attached hydrogens (tertiary/aromatic N) is 2. The van der Waals surface area contributed by atoms with E-state index in [0.29, 0.717) is 12.5 Å². The van der Waals surface area contributed by atoms with E-state index in [0.717, 1.165) is 32.4 Å². The predicted octanol–water partition coefficient (Wildman–Crippen LogP) is 2.67. The number of carbonyl (C=O) groups is 1. The summed E-state index contributed by atoms with van der Waals surface area (Å²) in [5, 5.41) is 4.16. The molecule has 5 nitrogen and oxygen atoms in total. The van der Waals surface area contributed by atoms with Crippen LogP contribution in [0.4, 0.5) is 5.13 Å². The van der Waals surface area contributed by atoms with Gasteiger partial charge in [-0.15, -0.1) is 11.3 Å². The molecule has 2 unspecified atom stereocenters. The molecule has 1 aliphatic rings. The minimum Gasteiger partial charge on any atom is -0.354 e. The van der Waals surface area contributed by atoms with E-state index in [1.165, 1.54) is 24.2 Å². The van der Waals surface area contributed by atoms with Gasteiger partial charge < -0.3 is 16.0 Å². The molecule has 3 rings (SSSR count). The standard InChI is InChI=1S/C15H22N4OS2/c1-19(2)15-18-14-12(22-15)7-11(21-14)13(20)17-10-6-4-3-5-9(10)8-16/h7,9-10H,3-6,8,16H2,1-2H3,(H,17,20). The van der Waals surface area contributed by atoms with Crippen molar-refractivity contribution in [3.05, 3.63) is 10.9 Å². The number of fused-ring (bicyclic) bond motifs is 1. The average molecular weight is 339 g/mol. The van der Waals surface area contributed by atoms with Gasteiger partial charge in [-0.25, -0.2) is 4.98 Å². The Morgan fingerprint density at radius 3 is 2.86 bits per heavy atom. The van der Waals surface area contributed by atoms with Crippen LogP contribution in [0.2, 0.25) is 0 Å². The number of nitrogens with one attached hydrogen (secondary N) is 1. The molecule has 2 aromatic rings. The van der Waals surface area contributed by atoms with Crippen LogP contribution in [0.3, 0.4) is 0 Å². The number of hydrogen-bond acceptors (Lipinski definition) is 6. The summed E-state index contributed by atoms with van der Waals surface area (Å²) in [6.45, 7) is 0.651. The molecule has 0 spiro atoms. The number of nitrogens with two attached hydrogens (primary N) is 1. The van der Waals surface area contributed by atoms with E-state index in [1.54, 1.807) is 11.3 Å². The van der Waals surface area contributed by atoms with Gasteiger partial charge in [0.1, 0.15) is 4.83 Å². The largest absolute Gasteiger partial charge is 0.354 e. The fraction of sp³-hybridized carbons (Fsp3) is 0.600. The minimum atomic E-state index is 0.0203. The molecule has 0 aromatic carbocycles. The summed E-state index contributed by atoms with van der Waals surface area (Å²) in [5.74, 6) is 0.434. The second-order valence-corrected chi connectivity index (χ2v) is 8.07. The molecule has 1 saturated carbocycles. The van der Waals surface area contributed by atoms with Crippen molar-refractivity contribution < 1.29 is 4.79 Å². The highest BCUT2D eigenvalue weighted by Gasteiger charge is 2.26. The van der Waals surface area contributed by atoms with Crippen molar-refractivity contribution in [1.29, 1.82) is 0 Å². The first kappa shape index (κ1) is 15.7. The van der Waals surface area contributed by atoms with Gasteiger partial charge >= 0.3 is 0 Å². The topological polar surface area (TPSA) is 71.2 Å². The minimum absolute atomic E-state index is 0.0203. The number of aromatic nitrogens is 1. The quantitative estimate of drug-likeness (QED) is 0.899. The summed E-state index contributed by atoms with van der Waals surface area (Å²) >= 11 is 3.09. The highest BCUT2D eigenvalue weighted by Crippen LogP contribution is 2.34. The zero-order valence-corrected chi connectivity index (χ0v) is 14.6. The van der Waals surface area contributed by atoms with E-state index < -0.39 is 0 Å². The fourth-order valence-corrected chi connectivity index (χ4v) is 4.98. The van der Waals surface area contributed by atoms with Crippen LogP contribution in [0.1, 0.15) is 35.4 Å². The van der Waals surface area contributed by atoms with Crippen LogP contribution in [-0.4, -0.2) is 37.6 Å². The van der Waals surface area contributed by atoms with Gasteiger partial charge in [0.25, 0.3) is 5.91 Å². The Hall–Kier alpha value is -1.18. The molecule has 120 valence electrons. The van der Waals surface area contributed by atoms with Crippen LogP contribution in [0.15, 0.2) is 6.07 Å². The summed E-state index contributed by atoms with van der Waals surface area (Å²) in [4.78, 5) is 20.7. The number of thiazole rings is 1. The lowest BCUT2D eigenvalue weighted by Gasteiger charge is -2.31. The zero-order chi connectivity index (χ0) is 15.7. The van der Waals surface area contributed by atoms with Crippen molar-refractivity contribution in [3.8, 4) is 0 Å². The fourth-order valence-electron chi connectivity index (χ4n) is 2.95. The smallest absolute Gasteiger partial charge is 0.261 e. The van der Waals surface area contributed by atoms with Crippen LogP contribution in [0, 0.1) is 5.92 Å². The molecule has 2 atom stereocenters. The van der Waals surface area contributed by atoms with Gasteiger partial charge in [-0.1, -0.05) is 24.2 Å². The van der Waals surface area contributed by atoms with Crippen molar-refractivity contribution in [3.63, 3.8) is 0 Å². The van der Waals surface area contributed by atoms with Crippen molar-refractivity contribution in [2.45, 2.75) is 31.7 Å². The lowest BCUT2D eigenvalue weighted by atomic mass is 9.84. The maximum Gasteiger partial charge on any atom is 0.261 e. The molecular formula is C15H22N4OS2. The third kappa shape index (κ3) is 3.11. The molecule has 3 N–H and O–H groups in total. The second kappa shape index (κ2) is 6.52. The maximum atomic E-state index is 12.5. The number of carbonyl (C=O) groups excluding carboxylic acids is 1. The number of rotatable bonds is 4. The molecule has 2 heterocycles. The first-order chi connectivity index (χ1) is 10.6. The normalized spacial score (nSPS) is 22.0. The third-order valence-electron chi connectivity index (χ3n) is 4.21. The molecule has 1 aliphatic carbocycles. The third-order valence-corrected chi connectivity index (χ3v) is 6.54. The Morgan fingerprint density at radius 1 is 1.41 bits per heavy atom. The summed E-state index contributed by atoms with van der Waals surface area (Å²) in [6.07, 6.45) is 4.56. The first-order valence-corrected chi connectivity index (χ1v) is 9.30. The number of amides is 1. The molecule has 22 heavy (non-hydrogen) atoms. The van der Waals surface area contributed by atoms with E-state index in [9.17, 15) is 4.79 Å². The van der Waals surface area contributed by atoms with E-state index in [4.69, 9.17) is 5.73 Å². The van der Waals surface area contributed by atoms with Crippen molar-refractivity contribution in [2.75, 3.05) is 25.5 Å². The highest BCUT2D eigenvalue weighted by atomic mass is 32.1. The molecule has 0 radical (unpaired) electrons. The average Bonchev–Trinajstić information content (AvgIpc) is 3.06. The van der Waals surface area contributed by atoms with Crippen LogP contribution in [-0.2, 0) is 0 Å². The van der Waals surface area contributed by atoms with Crippen LogP contribution < -0.4 is 16.0 Å². The molecule has 2 aromatic heterocycles. The van der Waals surface area contributed by atoms with Gasteiger partial charge in [-0.05, 0) is 31.4 Å². The number of thiophene rings is 1. The molecule has 0 bridgehead atoms. The summed E-state index contributed by atoms with van der Waals surface area (Å²) < 4.78 is 1.08. The van der Waals surface area contributed by atoms with Gasteiger partial charge in [0.2, 0.25) is 0 Å². The Kier molecular flexibility index (Phi) is 4.65. The Morgan fingerprint density at radius 2 is 2.18 bits per heavy atom. The van der Waals surface area contributed by atoms with Crippen LogP contribution in [0.5, 0.6) is 0 Å². The van der Waals surface area contributed by atoms with Crippen molar-refractivity contribution in [1.82, 2.24) is 10.3 Å². The number of hydrogen-bond donors (Lipinski definition) is 2. The van der Waals surface area contributed by atoms with Gasteiger partial charge in [0, 0.05) is 20.1 Å². The summed E-state index contributed by atoms with van der Waals surface area (Å²) in [7, 11) is 3.96. The maximum absolute atomic E-state index is 12.5. The van der Waals surface area contributed by atoms with Gasteiger partial charge in [-0.2, -0.15) is 0 Å². The summed E-state index contributed by atoms with van der Waals surface area (Å²) in [5.41, 5.74) is 5.84. The molecule has 1 fully saturated rings. The van der Waals surface area contributed by atoms with Gasteiger partial charge in [0.05, 0.1) is 9.58 Å². The van der Waals surface area contributed by atoms with E-state index in [1.807, 2.05) is 25.1 Å². The van der Waals surface area contributed by atoms with Gasteiger partial charge in [-0.3, -0.25) is 4.79 Å². The van der Waals surface area contributed by atoms with Gasteiger partial charge in [0.15, 0.2) is 5.13 Å². The lowest BCUT2D eigenvalue weighted by molar-refractivity contribution is 0.0912. The molecule has 0 saturated heterocycles. The first-order valence-electron chi connectivity index (χ1n) is 7.67. The Labute approximate surface area is 138 Å². The van der Waals surface area contributed by atoms with E-state index >= 15 is 0 Å². The Balaban J connectivity index is 1.73. The zero-order valence-electron chi connectivity index (χ0n) is 13.0.